The van der Waals surface area contributed by atoms with Crippen LogP contribution in [0, 0.1) is 0 Å². The van der Waals surface area contributed by atoms with Crippen LogP contribution in [0.4, 0.5) is 0 Å². The number of methoxy groups -OCH3 is 1. The fourth-order valence-electron chi connectivity index (χ4n) is 1.86. The molecule has 114 valence electrons. The minimum atomic E-state index is -3.41. The maximum absolute atomic E-state index is 12.2. The van der Waals surface area contributed by atoms with Gasteiger partial charge in [0.2, 0.25) is 0 Å². The Balaban J connectivity index is 2.64. The van der Waals surface area contributed by atoms with Crippen molar-refractivity contribution in [1.29, 1.82) is 0 Å². The molecule has 0 spiro atoms. The number of ether oxygens (including phenoxy) is 1. The fourth-order valence-corrected chi connectivity index (χ4v) is 3.24. The molecule has 0 aromatic heterocycles. The van der Waals surface area contributed by atoms with Crippen LogP contribution in [0.15, 0.2) is 24.3 Å². The Bertz CT molecular complexity index is 480. The van der Waals surface area contributed by atoms with Gasteiger partial charge in [0.15, 0.2) is 0 Å². The lowest BCUT2D eigenvalue weighted by molar-refractivity contribution is 0.401. The van der Waals surface area contributed by atoms with Gasteiger partial charge in [-0.25, -0.2) is 0 Å². The Morgan fingerprint density at radius 2 is 1.65 bits per heavy atom. The topological polar surface area (TPSA) is 58.6 Å². The third kappa shape index (κ3) is 5.11. The zero-order valence-corrected chi connectivity index (χ0v) is 13.2. The van der Waals surface area contributed by atoms with Crippen molar-refractivity contribution in [2.45, 2.75) is 33.2 Å². The predicted octanol–water partition coefficient (Wildman–Crippen LogP) is 2.15. The Morgan fingerprint density at radius 1 is 1.10 bits per heavy atom. The van der Waals surface area contributed by atoms with Crippen molar-refractivity contribution in [3.8, 4) is 5.75 Å². The second-order valence-corrected chi connectivity index (χ2v) is 6.33. The fraction of sp³-hybridized carbons (Fsp3) is 0.571. The minimum Gasteiger partial charge on any atom is -0.497 e. The highest BCUT2D eigenvalue weighted by atomic mass is 32.2. The van der Waals surface area contributed by atoms with Gasteiger partial charge < -0.3 is 4.74 Å². The van der Waals surface area contributed by atoms with Gasteiger partial charge in [-0.3, -0.25) is 0 Å². The first-order valence-electron chi connectivity index (χ1n) is 6.91. The van der Waals surface area contributed by atoms with Crippen molar-refractivity contribution in [3.63, 3.8) is 0 Å². The summed E-state index contributed by atoms with van der Waals surface area (Å²) in [7, 11) is -1.81. The number of nitrogens with zero attached hydrogens (tertiary/aromatic N) is 1. The Kier molecular flexibility index (Phi) is 6.98. The number of hydrogen-bond acceptors (Lipinski definition) is 3. The molecule has 1 aromatic rings. The molecule has 0 atom stereocenters. The van der Waals surface area contributed by atoms with Gasteiger partial charge in [0, 0.05) is 19.6 Å². The molecule has 1 aromatic carbocycles. The van der Waals surface area contributed by atoms with Gasteiger partial charge >= 0.3 is 0 Å². The lowest BCUT2D eigenvalue weighted by Gasteiger charge is -2.21. The van der Waals surface area contributed by atoms with Crippen LogP contribution < -0.4 is 9.46 Å². The van der Waals surface area contributed by atoms with E-state index in [-0.39, 0.29) is 6.54 Å². The first kappa shape index (κ1) is 16.9. The first-order valence-corrected chi connectivity index (χ1v) is 8.35. The molecule has 0 amide bonds. The van der Waals surface area contributed by atoms with E-state index >= 15 is 0 Å². The van der Waals surface area contributed by atoms with Crippen LogP contribution in [0.1, 0.15) is 32.3 Å². The summed E-state index contributed by atoms with van der Waals surface area (Å²) in [6.45, 7) is 5.33. The average molecular weight is 300 g/mol. The monoisotopic (exact) mass is 300 g/mol. The second-order valence-electron chi connectivity index (χ2n) is 4.57. The summed E-state index contributed by atoms with van der Waals surface area (Å²) in [6.07, 6.45) is 1.62. The van der Waals surface area contributed by atoms with Crippen LogP contribution in [0.3, 0.4) is 0 Å². The molecule has 1 N–H and O–H groups in total. The SMILES string of the molecule is CCCN(CCC)S(=O)(=O)NCc1ccc(OC)cc1. The van der Waals surface area contributed by atoms with Gasteiger partial charge in [-0.15, -0.1) is 0 Å². The molecule has 0 saturated carbocycles. The van der Waals surface area contributed by atoms with E-state index in [2.05, 4.69) is 4.72 Å². The lowest BCUT2D eigenvalue weighted by Crippen LogP contribution is -2.41. The molecular weight excluding hydrogens is 276 g/mol. The van der Waals surface area contributed by atoms with Crippen LogP contribution in [-0.2, 0) is 16.8 Å². The summed E-state index contributed by atoms with van der Waals surface area (Å²) in [5, 5.41) is 0. The smallest absolute Gasteiger partial charge is 0.279 e. The summed E-state index contributed by atoms with van der Waals surface area (Å²) >= 11 is 0. The number of rotatable bonds is 9. The summed E-state index contributed by atoms with van der Waals surface area (Å²) in [4.78, 5) is 0. The molecule has 0 fully saturated rings. The molecular formula is C14H24N2O3S. The first-order chi connectivity index (χ1) is 9.53. The third-order valence-electron chi connectivity index (χ3n) is 2.90. The van der Waals surface area contributed by atoms with E-state index in [4.69, 9.17) is 4.74 Å². The highest BCUT2D eigenvalue weighted by molar-refractivity contribution is 7.87. The Morgan fingerprint density at radius 3 is 2.10 bits per heavy atom. The van der Waals surface area contributed by atoms with Crippen molar-refractivity contribution >= 4 is 10.2 Å². The quantitative estimate of drug-likeness (QED) is 0.760. The highest BCUT2D eigenvalue weighted by Crippen LogP contribution is 2.11. The van der Waals surface area contributed by atoms with E-state index in [0.717, 1.165) is 24.2 Å². The molecule has 0 aliphatic rings. The van der Waals surface area contributed by atoms with E-state index in [1.165, 1.54) is 4.31 Å². The van der Waals surface area contributed by atoms with Gasteiger partial charge in [0.05, 0.1) is 7.11 Å². The van der Waals surface area contributed by atoms with Crippen molar-refractivity contribution in [1.82, 2.24) is 9.03 Å². The molecule has 6 heteroatoms. The van der Waals surface area contributed by atoms with E-state index < -0.39 is 10.2 Å². The van der Waals surface area contributed by atoms with Crippen LogP contribution in [0.2, 0.25) is 0 Å². The van der Waals surface area contributed by atoms with Crippen molar-refractivity contribution in [2.75, 3.05) is 20.2 Å². The standard InChI is InChI=1S/C14H24N2O3S/c1-4-10-16(11-5-2)20(17,18)15-12-13-6-8-14(19-3)9-7-13/h6-9,15H,4-5,10-12H2,1-3H3. The molecule has 0 bridgehead atoms. The zero-order valence-electron chi connectivity index (χ0n) is 12.4. The van der Waals surface area contributed by atoms with Crippen LogP contribution in [0.5, 0.6) is 5.75 Å². The maximum Gasteiger partial charge on any atom is 0.279 e. The Hall–Kier alpha value is -1.11. The summed E-state index contributed by atoms with van der Waals surface area (Å²) < 4.78 is 33.6. The summed E-state index contributed by atoms with van der Waals surface area (Å²) in [5.41, 5.74) is 0.905. The van der Waals surface area contributed by atoms with Crippen molar-refractivity contribution in [3.05, 3.63) is 29.8 Å². The molecule has 0 unspecified atom stereocenters. The third-order valence-corrected chi connectivity index (χ3v) is 4.46. The van der Waals surface area contributed by atoms with E-state index in [1.54, 1.807) is 7.11 Å². The number of benzene rings is 1. The summed E-state index contributed by atoms with van der Waals surface area (Å²) in [5.74, 6) is 0.759. The molecule has 20 heavy (non-hydrogen) atoms. The van der Waals surface area contributed by atoms with Crippen LogP contribution in [0.25, 0.3) is 0 Å². The highest BCUT2D eigenvalue weighted by Gasteiger charge is 2.19. The van der Waals surface area contributed by atoms with Gasteiger partial charge in [0.1, 0.15) is 5.75 Å². The van der Waals surface area contributed by atoms with Gasteiger partial charge in [-0.1, -0.05) is 26.0 Å². The normalized spacial score (nSPS) is 11.8. The zero-order chi connectivity index (χ0) is 15.0. The molecule has 0 heterocycles. The molecule has 5 nitrogen and oxygen atoms in total. The number of hydrogen-bond donors (Lipinski definition) is 1. The van der Waals surface area contributed by atoms with E-state index in [9.17, 15) is 8.42 Å². The Labute approximate surface area is 122 Å². The lowest BCUT2D eigenvalue weighted by atomic mass is 10.2. The largest absolute Gasteiger partial charge is 0.497 e. The molecule has 0 aliphatic heterocycles. The van der Waals surface area contributed by atoms with Gasteiger partial charge in [-0.05, 0) is 30.5 Å². The molecule has 0 aliphatic carbocycles. The number of nitrogens with one attached hydrogen (secondary N) is 1. The van der Waals surface area contributed by atoms with Crippen molar-refractivity contribution in [2.24, 2.45) is 0 Å². The van der Waals surface area contributed by atoms with Crippen LogP contribution in [-0.4, -0.2) is 32.9 Å². The van der Waals surface area contributed by atoms with Gasteiger partial charge in [0.25, 0.3) is 10.2 Å². The minimum absolute atomic E-state index is 0.288. The van der Waals surface area contributed by atoms with Crippen molar-refractivity contribution < 1.29 is 13.2 Å². The molecule has 1 rings (SSSR count). The molecule has 0 radical (unpaired) electrons. The van der Waals surface area contributed by atoms with E-state index in [1.807, 2.05) is 38.1 Å². The second kappa shape index (κ2) is 8.24. The predicted molar refractivity (Wildman–Crippen MR) is 80.9 cm³/mol. The average Bonchev–Trinajstić information content (AvgIpc) is 2.45. The van der Waals surface area contributed by atoms with Gasteiger partial charge in [-0.2, -0.15) is 17.4 Å². The maximum atomic E-state index is 12.2. The molecule has 0 saturated heterocycles. The summed E-state index contributed by atoms with van der Waals surface area (Å²) in [6, 6.07) is 7.34. The van der Waals surface area contributed by atoms with E-state index in [0.29, 0.717) is 13.1 Å². The van der Waals surface area contributed by atoms with Crippen LogP contribution >= 0.6 is 0 Å².